The van der Waals surface area contributed by atoms with Crippen LogP contribution in [-0.2, 0) is 11.2 Å². The summed E-state index contributed by atoms with van der Waals surface area (Å²) in [6.45, 7) is 0. The molecular formula is C15H20N2O. The van der Waals surface area contributed by atoms with Crippen molar-refractivity contribution in [1.29, 1.82) is 0 Å². The second kappa shape index (κ2) is 4.63. The zero-order valence-corrected chi connectivity index (χ0v) is 10.6. The monoisotopic (exact) mass is 244 g/mol. The number of carbonyl (C=O) groups is 1. The first-order valence-electron chi connectivity index (χ1n) is 6.86. The zero-order valence-electron chi connectivity index (χ0n) is 10.6. The van der Waals surface area contributed by atoms with Crippen LogP contribution >= 0.6 is 0 Å². The van der Waals surface area contributed by atoms with Crippen molar-refractivity contribution >= 4 is 11.6 Å². The second-order valence-corrected chi connectivity index (χ2v) is 5.68. The Labute approximate surface area is 108 Å². The van der Waals surface area contributed by atoms with Crippen molar-refractivity contribution in [3.8, 4) is 0 Å². The molecule has 0 aliphatic heterocycles. The highest BCUT2D eigenvalue weighted by Crippen LogP contribution is 2.45. The predicted octanol–water partition coefficient (Wildman–Crippen LogP) is 2.31. The Hall–Kier alpha value is -1.51. The van der Waals surface area contributed by atoms with Gasteiger partial charge in [-0.05, 0) is 55.2 Å². The van der Waals surface area contributed by atoms with Gasteiger partial charge < -0.3 is 11.1 Å². The van der Waals surface area contributed by atoms with Crippen LogP contribution in [0.1, 0.15) is 31.2 Å². The molecule has 1 amide bonds. The standard InChI is InChI=1S/C15H20N2O/c16-14(18)9-10-1-7-13(8-2-10)17-15(11-3-4-11)12-5-6-12/h1-2,7-8,11-12,15,17H,3-6,9H2,(H2,16,18). The first-order chi connectivity index (χ1) is 8.72. The Morgan fingerprint density at radius 2 is 1.72 bits per heavy atom. The number of carbonyl (C=O) groups excluding carboxylic acids is 1. The number of primary amides is 1. The SMILES string of the molecule is NC(=O)Cc1ccc(NC(C2CC2)C2CC2)cc1. The van der Waals surface area contributed by atoms with Crippen LogP contribution in [0.4, 0.5) is 5.69 Å². The van der Waals surface area contributed by atoms with Crippen molar-refractivity contribution in [2.24, 2.45) is 17.6 Å². The van der Waals surface area contributed by atoms with Gasteiger partial charge in [0.05, 0.1) is 6.42 Å². The summed E-state index contributed by atoms with van der Waals surface area (Å²) in [6.07, 6.45) is 5.86. The Morgan fingerprint density at radius 3 is 2.17 bits per heavy atom. The third-order valence-corrected chi connectivity index (χ3v) is 3.93. The maximum Gasteiger partial charge on any atom is 0.221 e. The number of hydrogen-bond acceptors (Lipinski definition) is 2. The van der Waals surface area contributed by atoms with Crippen LogP contribution in [0.3, 0.4) is 0 Å². The fourth-order valence-corrected chi connectivity index (χ4v) is 2.64. The average Bonchev–Trinajstić information content (AvgIpc) is 3.20. The van der Waals surface area contributed by atoms with Gasteiger partial charge in [-0.3, -0.25) is 4.79 Å². The Balaban J connectivity index is 1.63. The fourth-order valence-electron chi connectivity index (χ4n) is 2.64. The fraction of sp³-hybridized carbons (Fsp3) is 0.533. The largest absolute Gasteiger partial charge is 0.382 e. The van der Waals surface area contributed by atoms with Crippen LogP contribution in [0, 0.1) is 11.8 Å². The van der Waals surface area contributed by atoms with Crippen LogP contribution in [0.25, 0.3) is 0 Å². The van der Waals surface area contributed by atoms with Crippen molar-refractivity contribution in [1.82, 2.24) is 0 Å². The molecule has 96 valence electrons. The van der Waals surface area contributed by atoms with Gasteiger partial charge in [-0.25, -0.2) is 0 Å². The Kier molecular flexibility index (Phi) is 2.98. The van der Waals surface area contributed by atoms with E-state index in [-0.39, 0.29) is 5.91 Å². The maximum atomic E-state index is 10.8. The van der Waals surface area contributed by atoms with Gasteiger partial charge in [0, 0.05) is 11.7 Å². The van der Waals surface area contributed by atoms with Gasteiger partial charge in [0.15, 0.2) is 0 Å². The minimum Gasteiger partial charge on any atom is -0.382 e. The molecule has 0 spiro atoms. The number of anilines is 1. The van der Waals surface area contributed by atoms with Crippen molar-refractivity contribution in [2.45, 2.75) is 38.1 Å². The van der Waals surface area contributed by atoms with Crippen LogP contribution in [0.2, 0.25) is 0 Å². The first-order valence-corrected chi connectivity index (χ1v) is 6.86. The molecule has 2 aliphatic carbocycles. The molecular weight excluding hydrogens is 224 g/mol. The summed E-state index contributed by atoms with van der Waals surface area (Å²) in [6, 6.07) is 8.78. The predicted molar refractivity (Wildman–Crippen MR) is 72.2 cm³/mol. The molecule has 2 fully saturated rings. The summed E-state index contributed by atoms with van der Waals surface area (Å²) in [4.78, 5) is 10.8. The lowest BCUT2D eigenvalue weighted by molar-refractivity contribution is -0.117. The van der Waals surface area contributed by atoms with Crippen LogP contribution in [0.15, 0.2) is 24.3 Å². The van der Waals surface area contributed by atoms with E-state index in [0.717, 1.165) is 17.4 Å². The molecule has 0 atom stereocenters. The molecule has 0 saturated heterocycles. The van der Waals surface area contributed by atoms with E-state index in [4.69, 9.17) is 5.73 Å². The van der Waals surface area contributed by atoms with Crippen LogP contribution < -0.4 is 11.1 Å². The summed E-state index contributed by atoms with van der Waals surface area (Å²) in [7, 11) is 0. The zero-order chi connectivity index (χ0) is 12.5. The highest BCUT2D eigenvalue weighted by atomic mass is 16.1. The molecule has 3 nitrogen and oxygen atoms in total. The number of hydrogen-bond donors (Lipinski definition) is 2. The lowest BCUT2D eigenvalue weighted by Gasteiger charge is -2.19. The Morgan fingerprint density at radius 1 is 1.17 bits per heavy atom. The van der Waals surface area contributed by atoms with Gasteiger partial charge in [-0.15, -0.1) is 0 Å². The third-order valence-electron chi connectivity index (χ3n) is 3.93. The second-order valence-electron chi connectivity index (χ2n) is 5.68. The molecule has 0 aromatic heterocycles. The van der Waals surface area contributed by atoms with Gasteiger partial charge >= 0.3 is 0 Å². The number of benzene rings is 1. The molecule has 1 aromatic rings. The molecule has 0 unspecified atom stereocenters. The highest BCUT2D eigenvalue weighted by molar-refractivity contribution is 5.76. The van der Waals surface area contributed by atoms with Crippen molar-refractivity contribution in [2.75, 3.05) is 5.32 Å². The molecule has 3 heteroatoms. The molecule has 0 bridgehead atoms. The summed E-state index contributed by atoms with van der Waals surface area (Å²) in [5.74, 6) is 1.51. The maximum absolute atomic E-state index is 10.8. The van der Waals surface area contributed by atoms with E-state index in [1.165, 1.54) is 31.4 Å². The van der Waals surface area contributed by atoms with E-state index in [1.807, 2.05) is 12.1 Å². The van der Waals surface area contributed by atoms with Crippen molar-refractivity contribution < 1.29 is 4.79 Å². The number of rotatable bonds is 6. The minimum atomic E-state index is -0.274. The van der Waals surface area contributed by atoms with Crippen molar-refractivity contribution in [3.63, 3.8) is 0 Å². The lowest BCUT2D eigenvalue weighted by Crippen LogP contribution is -2.24. The van der Waals surface area contributed by atoms with E-state index in [9.17, 15) is 4.79 Å². The molecule has 3 rings (SSSR count). The molecule has 18 heavy (non-hydrogen) atoms. The molecule has 1 aromatic carbocycles. The summed E-state index contributed by atoms with van der Waals surface area (Å²) < 4.78 is 0. The summed E-state index contributed by atoms with van der Waals surface area (Å²) in [5.41, 5.74) is 7.35. The van der Waals surface area contributed by atoms with Crippen LogP contribution in [-0.4, -0.2) is 11.9 Å². The minimum absolute atomic E-state index is 0.274. The van der Waals surface area contributed by atoms with E-state index >= 15 is 0 Å². The molecule has 0 heterocycles. The van der Waals surface area contributed by atoms with E-state index < -0.39 is 0 Å². The lowest BCUT2D eigenvalue weighted by atomic mass is 10.1. The van der Waals surface area contributed by atoms with E-state index in [0.29, 0.717) is 12.5 Å². The topological polar surface area (TPSA) is 55.1 Å². The molecule has 0 radical (unpaired) electrons. The average molecular weight is 244 g/mol. The highest BCUT2D eigenvalue weighted by Gasteiger charge is 2.41. The van der Waals surface area contributed by atoms with Crippen LogP contribution in [0.5, 0.6) is 0 Å². The molecule has 2 aliphatic rings. The molecule has 3 N–H and O–H groups in total. The smallest absolute Gasteiger partial charge is 0.221 e. The Bertz CT molecular complexity index is 420. The summed E-state index contributed by atoms with van der Waals surface area (Å²) in [5, 5.41) is 3.67. The third kappa shape index (κ3) is 2.84. The van der Waals surface area contributed by atoms with Crippen molar-refractivity contribution in [3.05, 3.63) is 29.8 Å². The molecule has 2 saturated carbocycles. The van der Waals surface area contributed by atoms with Gasteiger partial charge in [-0.2, -0.15) is 0 Å². The van der Waals surface area contributed by atoms with Gasteiger partial charge in [0.25, 0.3) is 0 Å². The van der Waals surface area contributed by atoms with Gasteiger partial charge in [0.2, 0.25) is 5.91 Å². The number of nitrogens with two attached hydrogens (primary N) is 1. The number of nitrogens with one attached hydrogen (secondary N) is 1. The normalized spacial score (nSPS) is 18.9. The summed E-state index contributed by atoms with van der Waals surface area (Å²) >= 11 is 0. The van der Waals surface area contributed by atoms with E-state index in [2.05, 4.69) is 17.4 Å². The first kappa shape index (κ1) is 11.6. The van der Waals surface area contributed by atoms with Gasteiger partial charge in [-0.1, -0.05) is 12.1 Å². The van der Waals surface area contributed by atoms with E-state index in [1.54, 1.807) is 0 Å². The number of amides is 1. The van der Waals surface area contributed by atoms with Gasteiger partial charge in [0.1, 0.15) is 0 Å². The quantitative estimate of drug-likeness (QED) is 0.807.